The van der Waals surface area contributed by atoms with Gasteiger partial charge in [-0.05, 0) is 30.3 Å². The molecule has 19 heavy (non-hydrogen) atoms. The number of anilines is 1. The fourth-order valence-corrected chi connectivity index (χ4v) is 1.60. The van der Waals surface area contributed by atoms with Crippen molar-refractivity contribution >= 4 is 5.69 Å². The van der Waals surface area contributed by atoms with Gasteiger partial charge in [-0.2, -0.15) is 5.26 Å². The predicted molar refractivity (Wildman–Crippen MR) is 71.5 cm³/mol. The summed E-state index contributed by atoms with van der Waals surface area (Å²) in [6, 6.07) is 15.7. The minimum atomic E-state index is -0.517. The van der Waals surface area contributed by atoms with Crippen molar-refractivity contribution in [3.63, 3.8) is 0 Å². The first kappa shape index (κ1) is 12.9. The zero-order valence-electron chi connectivity index (χ0n) is 10.3. The lowest BCUT2D eigenvalue weighted by Gasteiger charge is -2.08. The summed E-state index contributed by atoms with van der Waals surface area (Å²) in [5.41, 5.74) is 0.680. The molecule has 0 aliphatic carbocycles. The van der Waals surface area contributed by atoms with Crippen LogP contribution in [-0.2, 0) is 0 Å². The topological polar surface area (TPSA) is 45.0 Å². The highest BCUT2D eigenvalue weighted by atomic mass is 19.1. The Morgan fingerprint density at radius 3 is 2.63 bits per heavy atom. The van der Waals surface area contributed by atoms with E-state index in [2.05, 4.69) is 5.32 Å². The standard InChI is InChI=1S/C15H13FN2O/c16-15-10-13(7-6-12(15)11-17)18-8-9-19-14-4-2-1-3-5-14/h1-7,10,18H,8-9H2. The molecule has 3 nitrogen and oxygen atoms in total. The average Bonchev–Trinajstić information content (AvgIpc) is 2.45. The molecule has 96 valence electrons. The molecule has 0 unspecified atom stereocenters. The number of hydrogen-bond donors (Lipinski definition) is 1. The van der Waals surface area contributed by atoms with Crippen molar-refractivity contribution in [2.45, 2.75) is 0 Å². The number of nitrogens with zero attached hydrogens (tertiary/aromatic N) is 1. The number of ether oxygens (including phenoxy) is 1. The Balaban J connectivity index is 1.80. The van der Waals surface area contributed by atoms with Gasteiger partial charge >= 0.3 is 0 Å². The molecule has 0 heterocycles. The molecule has 0 spiro atoms. The largest absolute Gasteiger partial charge is 0.492 e. The second-order valence-electron chi connectivity index (χ2n) is 3.89. The van der Waals surface area contributed by atoms with E-state index in [0.29, 0.717) is 18.8 Å². The molecule has 0 bridgehead atoms. The SMILES string of the molecule is N#Cc1ccc(NCCOc2ccccc2)cc1F. The Morgan fingerprint density at radius 2 is 1.95 bits per heavy atom. The van der Waals surface area contributed by atoms with Crippen LogP contribution in [0.3, 0.4) is 0 Å². The van der Waals surface area contributed by atoms with Gasteiger partial charge in [-0.15, -0.1) is 0 Å². The van der Waals surface area contributed by atoms with Crippen LogP contribution in [-0.4, -0.2) is 13.2 Å². The Morgan fingerprint density at radius 1 is 1.16 bits per heavy atom. The highest BCUT2D eigenvalue weighted by molar-refractivity contribution is 5.48. The van der Waals surface area contributed by atoms with Crippen LogP contribution in [0.15, 0.2) is 48.5 Å². The third-order valence-electron chi connectivity index (χ3n) is 2.53. The number of halogens is 1. The van der Waals surface area contributed by atoms with Crippen LogP contribution in [0.2, 0.25) is 0 Å². The number of hydrogen-bond acceptors (Lipinski definition) is 3. The maximum atomic E-state index is 13.3. The summed E-state index contributed by atoms with van der Waals surface area (Å²) in [4.78, 5) is 0. The van der Waals surface area contributed by atoms with E-state index < -0.39 is 5.82 Å². The zero-order chi connectivity index (χ0) is 13.5. The lowest BCUT2D eigenvalue weighted by molar-refractivity contribution is 0.333. The number of para-hydroxylation sites is 1. The minimum Gasteiger partial charge on any atom is -0.492 e. The van der Waals surface area contributed by atoms with Crippen molar-refractivity contribution < 1.29 is 9.13 Å². The van der Waals surface area contributed by atoms with E-state index >= 15 is 0 Å². The highest BCUT2D eigenvalue weighted by Gasteiger charge is 2.02. The smallest absolute Gasteiger partial charge is 0.143 e. The quantitative estimate of drug-likeness (QED) is 0.835. The lowest BCUT2D eigenvalue weighted by Crippen LogP contribution is -2.11. The maximum absolute atomic E-state index is 13.3. The summed E-state index contributed by atoms with van der Waals surface area (Å²) in [6.45, 7) is 1.03. The van der Waals surface area contributed by atoms with Gasteiger partial charge in [0.05, 0.1) is 5.56 Å². The first-order valence-corrected chi connectivity index (χ1v) is 5.91. The van der Waals surface area contributed by atoms with Crippen LogP contribution in [0, 0.1) is 17.1 Å². The molecule has 2 rings (SSSR count). The van der Waals surface area contributed by atoms with Gasteiger partial charge in [0, 0.05) is 12.2 Å². The van der Waals surface area contributed by atoms with E-state index in [0.717, 1.165) is 5.75 Å². The fraction of sp³-hybridized carbons (Fsp3) is 0.133. The summed E-state index contributed by atoms with van der Waals surface area (Å²) in [5.74, 6) is 0.284. The second kappa shape index (κ2) is 6.41. The molecule has 0 radical (unpaired) electrons. The predicted octanol–water partition coefficient (Wildman–Crippen LogP) is 3.19. The van der Waals surface area contributed by atoms with Gasteiger partial charge in [0.15, 0.2) is 0 Å². The molecule has 0 amide bonds. The third kappa shape index (κ3) is 3.71. The molecular weight excluding hydrogens is 243 g/mol. The van der Waals surface area contributed by atoms with Gasteiger partial charge in [-0.3, -0.25) is 0 Å². The Labute approximate surface area is 111 Å². The normalized spacial score (nSPS) is 9.68. The van der Waals surface area contributed by atoms with Crippen molar-refractivity contribution in [1.82, 2.24) is 0 Å². The second-order valence-corrected chi connectivity index (χ2v) is 3.89. The Kier molecular flexibility index (Phi) is 4.35. The summed E-state index contributed by atoms with van der Waals surface area (Å²) in [6.07, 6.45) is 0. The van der Waals surface area contributed by atoms with Crippen LogP contribution in [0.25, 0.3) is 0 Å². The molecule has 4 heteroatoms. The van der Waals surface area contributed by atoms with Crippen molar-refractivity contribution in [2.75, 3.05) is 18.5 Å². The van der Waals surface area contributed by atoms with Crippen LogP contribution in [0.1, 0.15) is 5.56 Å². The van der Waals surface area contributed by atoms with Crippen LogP contribution >= 0.6 is 0 Å². The van der Waals surface area contributed by atoms with Gasteiger partial charge in [-0.1, -0.05) is 18.2 Å². The Bertz CT molecular complexity index is 578. The Hall–Kier alpha value is -2.54. The first-order chi connectivity index (χ1) is 9.29. The molecule has 0 saturated carbocycles. The molecule has 0 aromatic heterocycles. The van der Waals surface area contributed by atoms with Gasteiger partial charge in [0.1, 0.15) is 24.2 Å². The first-order valence-electron chi connectivity index (χ1n) is 5.91. The van der Waals surface area contributed by atoms with E-state index in [4.69, 9.17) is 10.00 Å². The van der Waals surface area contributed by atoms with Crippen molar-refractivity contribution in [3.8, 4) is 11.8 Å². The van der Waals surface area contributed by atoms with E-state index in [1.807, 2.05) is 30.3 Å². The third-order valence-corrected chi connectivity index (χ3v) is 2.53. The van der Waals surface area contributed by atoms with Gasteiger partial charge in [0.25, 0.3) is 0 Å². The van der Waals surface area contributed by atoms with E-state index in [1.165, 1.54) is 12.1 Å². The molecular formula is C15H13FN2O. The highest BCUT2D eigenvalue weighted by Crippen LogP contribution is 2.13. The zero-order valence-corrected chi connectivity index (χ0v) is 10.3. The van der Waals surface area contributed by atoms with Crippen LogP contribution < -0.4 is 10.1 Å². The lowest BCUT2D eigenvalue weighted by atomic mass is 10.2. The van der Waals surface area contributed by atoms with Gasteiger partial charge < -0.3 is 10.1 Å². The minimum absolute atomic E-state index is 0.0473. The fourth-order valence-electron chi connectivity index (χ4n) is 1.60. The summed E-state index contributed by atoms with van der Waals surface area (Å²) < 4.78 is 18.8. The van der Waals surface area contributed by atoms with Crippen LogP contribution in [0.4, 0.5) is 10.1 Å². The van der Waals surface area contributed by atoms with Crippen molar-refractivity contribution in [2.24, 2.45) is 0 Å². The molecule has 0 aliphatic rings. The van der Waals surface area contributed by atoms with Crippen LogP contribution in [0.5, 0.6) is 5.75 Å². The van der Waals surface area contributed by atoms with Crippen molar-refractivity contribution in [3.05, 3.63) is 59.9 Å². The summed E-state index contributed by atoms with van der Waals surface area (Å²) >= 11 is 0. The number of nitrogens with one attached hydrogen (secondary N) is 1. The molecule has 2 aromatic carbocycles. The number of nitriles is 1. The van der Waals surface area contributed by atoms with E-state index in [9.17, 15) is 4.39 Å². The van der Waals surface area contributed by atoms with Crippen molar-refractivity contribution in [1.29, 1.82) is 5.26 Å². The molecule has 0 saturated heterocycles. The average molecular weight is 256 g/mol. The monoisotopic (exact) mass is 256 g/mol. The van der Waals surface area contributed by atoms with Gasteiger partial charge in [0.2, 0.25) is 0 Å². The molecule has 1 N–H and O–H groups in total. The molecule has 0 aliphatic heterocycles. The van der Waals surface area contributed by atoms with Gasteiger partial charge in [-0.25, -0.2) is 4.39 Å². The molecule has 2 aromatic rings. The summed E-state index contributed by atoms with van der Waals surface area (Å²) in [7, 11) is 0. The summed E-state index contributed by atoms with van der Waals surface area (Å²) in [5, 5.41) is 11.7. The van der Waals surface area contributed by atoms with E-state index in [-0.39, 0.29) is 5.56 Å². The molecule has 0 fully saturated rings. The number of benzene rings is 2. The number of rotatable bonds is 5. The maximum Gasteiger partial charge on any atom is 0.143 e. The molecule has 0 atom stereocenters. The van der Waals surface area contributed by atoms with E-state index in [1.54, 1.807) is 12.1 Å².